The van der Waals surface area contributed by atoms with Crippen molar-refractivity contribution in [1.82, 2.24) is 20.3 Å². The maximum absolute atomic E-state index is 12.2. The molecule has 1 aromatic heterocycles. The van der Waals surface area contributed by atoms with Crippen molar-refractivity contribution >= 4 is 11.9 Å². The molecule has 1 amide bonds. The van der Waals surface area contributed by atoms with Gasteiger partial charge in [-0.05, 0) is 12.1 Å². The molecule has 1 aliphatic heterocycles. The van der Waals surface area contributed by atoms with E-state index in [1.807, 2.05) is 18.2 Å². The van der Waals surface area contributed by atoms with E-state index in [0.717, 1.165) is 0 Å². The quantitative estimate of drug-likeness (QED) is 0.838. The van der Waals surface area contributed by atoms with Gasteiger partial charge in [0.05, 0.1) is 18.5 Å². The molecule has 1 unspecified atom stereocenters. The molecule has 1 saturated heterocycles. The number of ether oxygens (including phenoxy) is 1. The highest BCUT2D eigenvalue weighted by Crippen LogP contribution is 2.19. The van der Waals surface area contributed by atoms with Gasteiger partial charge in [-0.15, -0.1) is 5.10 Å². The molecule has 2 aromatic rings. The van der Waals surface area contributed by atoms with Crippen LogP contribution in [0.5, 0.6) is 0 Å². The van der Waals surface area contributed by atoms with E-state index in [0.29, 0.717) is 12.3 Å². The molecular weight excluding hydrogens is 288 g/mol. The molecule has 1 aliphatic rings. The van der Waals surface area contributed by atoms with Crippen molar-refractivity contribution in [2.45, 2.75) is 12.0 Å². The number of para-hydroxylation sites is 1. The summed E-state index contributed by atoms with van der Waals surface area (Å²) in [5, 5.41) is 19.9. The number of benzene rings is 1. The molecule has 114 valence electrons. The first-order valence-electron chi connectivity index (χ1n) is 6.72. The Morgan fingerprint density at radius 2 is 2.09 bits per heavy atom. The fourth-order valence-electron chi connectivity index (χ4n) is 2.22. The molecule has 8 nitrogen and oxygen atoms in total. The molecule has 1 atom stereocenters. The highest BCUT2D eigenvalue weighted by atomic mass is 16.5. The lowest BCUT2D eigenvalue weighted by atomic mass is 9.99. The smallest absolute Gasteiger partial charge is 0.331 e. The average molecular weight is 302 g/mol. The number of hydrogen-bond acceptors (Lipinski definition) is 5. The number of nitrogens with one attached hydrogen (secondary N) is 1. The van der Waals surface area contributed by atoms with Gasteiger partial charge < -0.3 is 15.2 Å². The number of carbonyl (C=O) groups excluding carboxylic acids is 1. The highest BCUT2D eigenvalue weighted by Gasteiger charge is 2.44. The molecular formula is C14H14N4O4. The molecule has 1 fully saturated rings. The van der Waals surface area contributed by atoms with E-state index in [2.05, 4.69) is 15.5 Å². The van der Waals surface area contributed by atoms with Gasteiger partial charge in [-0.1, -0.05) is 18.2 Å². The average Bonchev–Trinajstić information content (AvgIpc) is 3.18. The predicted octanol–water partition coefficient (Wildman–Crippen LogP) is 0.241. The topological polar surface area (TPSA) is 106 Å². The van der Waals surface area contributed by atoms with E-state index >= 15 is 0 Å². The Morgan fingerprint density at radius 1 is 1.32 bits per heavy atom. The summed E-state index contributed by atoms with van der Waals surface area (Å²) >= 11 is 0. The molecule has 0 saturated carbocycles. The first kappa shape index (κ1) is 14.2. The van der Waals surface area contributed by atoms with Crippen LogP contribution in [0.15, 0.2) is 36.5 Å². The van der Waals surface area contributed by atoms with Crippen LogP contribution in [0, 0.1) is 0 Å². The zero-order valence-electron chi connectivity index (χ0n) is 11.6. The highest BCUT2D eigenvalue weighted by molar-refractivity contribution is 5.96. The maximum Gasteiger partial charge on any atom is 0.331 e. The van der Waals surface area contributed by atoms with Crippen molar-refractivity contribution in [3.05, 3.63) is 42.2 Å². The van der Waals surface area contributed by atoms with Crippen LogP contribution in [-0.4, -0.2) is 50.7 Å². The Bertz CT molecular complexity index is 692. The molecule has 2 heterocycles. The van der Waals surface area contributed by atoms with Gasteiger partial charge in [0.2, 0.25) is 0 Å². The lowest BCUT2D eigenvalue weighted by Gasteiger charge is -2.22. The summed E-state index contributed by atoms with van der Waals surface area (Å²) < 4.78 is 5.10. The molecule has 8 heteroatoms. The van der Waals surface area contributed by atoms with Gasteiger partial charge in [-0.3, -0.25) is 4.79 Å². The van der Waals surface area contributed by atoms with Crippen LogP contribution in [0.25, 0.3) is 5.69 Å². The molecule has 0 bridgehead atoms. The minimum atomic E-state index is -1.40. The monoisotopic (exact) mass is 302 g/mol. The van der Waals surface area contributed by atoms with Crippen molar-refractivity contribution in [3.8, 4) is 5.69 Å². The minimum absolute atomic E-state index is 0.0522. The van der Waals surface area contributed by atoms with E-state index < -0.39 is 17.4 Å². The number of hydrogen-bond donors (Lipinski definition) is 2. The van der Waals surface area contributed by atoms with Crippen LogP contribution in [0.1, 0.15) is 16.9 Å². The second-order valence-electron chi connectivity index (χ2n) is 5.00. The van der Waals surface area contributed by atoms with Crippen molar-refractivity contribution in [1.29, 1.82) is 0 Å². The molecule has 3 rings (SSSR count). The van der Waals surface area contributed by atoms with Gasteiger partial charge in [-0.2, -0.15) is 9.90 Å². The van der Waals surface area contributed by atoms with Gasteiger partial charge in [0.15, 0.2) is 11.2 Å². The zero-order chi connectivity index (χ0) is 15.6. The first-order chi connectivity index (χ1) is 10.6. The summed E-state index contributed by atoms with van der Waals surface area (Å²) in [5.74, 6) is -1.70. The van der Waals surface area contributed by atoms with Crippen LogP contribution < -0.4 is 5.32 Å². The summed E-state index contributed by atoms with van der Waals surface area (Å²) in [6.45, 7) is 0.240. The lowest BCUT2D eigenvalue weighted by Crippen LogP contribution is -2.55. The number of amides is 1. The standard InChI is InChI=1S/C14H14N4O4/c19-12(16-14(13(20)21)6-7-22-9-14)11-8-15-18(17-11)10-4-2-1-3-5-10/h1-5,8H,6-7,9H2,(H,16,19)(H,20,21). The number of carboxylic acids is 1. The summed E-state index contributed by atoms with van der Waals surface area (Å²) in [5.41, 5.74) is -0.636. The number of aliphatic carboxylic acids is 1. The van der Waals surface area contributed by atoms with Crippen molar-refractivity contribution in [2.24, 2.45) is 0 Å². The summed E-state index contributed by atoms with van der Waals surface area (Å²) in [7, 11) is 0. The number of carboxylic acid groups (broad SMARTS) is 1. The third kappa shape index (κ3) is 2.56. The van der Waals surface area contributed by atoms with E-state index in [1.54, 1.807) is 12.1 Å². The van der Waals surface area contributed by atoms with E-state index in [4.69, 9.17) is 4.74 Å². The fraction of sp³-hybridized carbons (Fsp3) is 0.286. The van der Waals surface area contributed by atoms with Gasteiger partial charge in [-0.25, -0.2) is 4.79 Å². The van der Waals surface area contributed by atoms with Crippen LogP contribution in [0.3, 0.4) is 0 Å². The largest absolute Gasteiger partial charge is 0.479 e. The van der Waals surface area contributed by atoms with Gasteiger partial charge in [0.1, 0.15) is 0 Å². The normalized spacial score (nSPS) is 20.7. The number of rotatable bonds is 4. The number of nitrogens with zero attached hydrogens (tertiary/aromatic N) is 3. The van der Waals surface area contributed by atoms with Gasteiger partial charge in [0, 0.05) is 13.0 Å². The molecule has 2 N–H and O–H groups in total. The molecule has 22 heavy (non-hydrogen) atoms. The lowest BCUT2D eigenvalue weighted by molar-refractivity contribution is -0.144. The van der Waals surface area contributed by atoms with E-state index in [-0.39, 0.29) is 18.7 Å². The molecule has 0 spiro atoms. The van der Waals surface area contributed by atoms with Crippen molar-refractivity contribution in [3.63, 3.8) is 0 Å². The van der Waals surface area contributed by atoms with Crippen LogP contribution >= 0.6 is 0 Å². The van der Waals surface area contributed by atoms with Crippen LogP contribution in [0.4, 0.5) is 0 Å². The van der Waals surface area contributed by atoms with Gasteiger partial charge >= 0.3 is 5.97 Å². The Kier molecular flexibility index (Phi) is 3.60. The minimum Gasteiger partial charge on any atom is -0.479 e. The summed E-state index contributed by atoms with van der Waals surface area (Å²) in [6, 6.07) is 9.11. The Balaban J connectivity index is 1.79. The van der Waals surface area contributed by atoms with Crippen LogP contribution in [0.2, 0.25) is 0 Å². The van der Waals surface area contributed by atoms with Crippen molar-refractivity contribution < 1.29 is 19.4 Å². The van der Waals surface area contributed by atoms with Crippen LogP contribution in [-0.2, 0) is 9.53 Å². The van der Waals surface area contributed by atoms with Crippen molar-refractivity contribution in [2.75, 3.05) is 13.2 Å². The third-order valence-corrected chi connectivity index (χ3v) is 3.50. The number of aromatic nitrogens is 3. The summed E-state index contributed by atoms with van der Waals surface area (Å²) in [4.78, 5) is 24.9. The number of carbonyl (C=O) groups is 2. The summed E-state index contributed by atoms with van der Waals surface area (Å²) in [6.07, 6.45) is 1.52. The third-order valence-electron chi connectivity index (χ3n) is 3.50. The Labute approximate surface area is 125 Å². The maximum atomic E-state index is 12.2. The fourth-order valence-corrected chi connectivity index (χ4v) is 2.22. The Morgan fingerprint density at radius 3 is 2.73 bits per heavy atom. The van der Waals surface area contributed by atoms with E-state index in [1.165, 1.54) is 11.0 Å². The second-order valence-corrected chi connectivity index (χ2v) is 5.00. The Hall–Kier alpha value is -2.74. The molecule has 1 aromatic carbocycles. The molecule has 0 radical (unpaired) electrons. The zero-order valence-corrected chi connectivity index (χ0v) is 11.6. The first-order valence-corrected chi connectivity index (χ1v) is 6.72. The predicted molar refractivity (Wildman–Crippen MR) is 74.6 cm³/mol. The van der Waals surface area contributed by atoms with E-state index in [9.17, 15) is 14.7 Å². The second kappa shape index (κ2) is 5.57. The van der Waals surface area contributed by atoms with Gasteiger partial charge in [0.25, 0.3) is 5.91 Å². The molecule has 0 aliphatic carbocycles. The SMILES string of the molecule is O=C(NC1(C(=O)O)CCOC1)c1cnn(-c2ccccc2)n1.